The minimum absolute atomic E-state index is 0.123. The van der Waals surface area contributed by atoms with Crippen LogP contribution in [-0.4, -0.2) is 24.1 Å². The summed E-state index contributed by atoms with van der Waals surface area (Å²) in [7, 11) is 1.57. The first-order valence-corrected chi connectivity index (χ1v) is 8.04. The Balaban J connectivity index is 2.03. The number of nitrogens with one attached hydrogen (secondary N) is 1. The number of benzene rings is 2. The van der Waals surface area contributed by atoms with E-state index in [9.17, 15) is 13.6 Å². The summed E-state index contributed by atoms with van der Waals surface area (Å²) in [5.74, 6) is -1.45. The first-order chi connectivity index (χ1) is 12.1. The van der Waals surface area contributed by atoms with E-state index >= 15 is 0 Å². The molecule has 3 aromatic rings. The molecule has 2 heterocycles. The van der Waals surface area contributed by atoms with Gasteiger partial charge in [0.15, 0.2) is 11.6 Å². The Hall–Kier alpha value is -2.89. The Bertz CT molecular complexity index is 977. The van der Waals surface area contributed by atoms with Crippen LogP contribution in [0.3, 0.4) is 0 Å². The number of nitrogens with zero attached hydrogens (tertiary/aromatic N) is 1. The van der Waals surface area contributed by atoms with Crippen LogP contribution in [0.25, 0.3) is 22.0 Å². The monoisotopic (exact) mass is 342 g/mol. The van der Waals surface area contributed by atoms with Crippen molar-refractivity contribution in [2.24, 2.45) is 0 Å². The van der Waals surface area contributed by atoms with Crippen LogP contribution >= 0.6 is 0 Å². The first-order valence-electron chi connectivity index (χ1n) is 8.04. The molecule has 0 unspecified atom stereocenters. The molecule has 128 valence electrons. The summed E-state index contributed by atoms with van der Waals surface area (Å²) < 4.78 is 35.5. The van der Waals surface area contributed by atoms with Gasteiger partial charge in [0.1, 0.15) is 11.4 Å². The van der Waals surface area contributed by atoms with E-state index < -0.39 is 11.6 Å². The lowest BCUT2D eigenvalue weighted by Crippen LogP contribution is -2.22. The summed E-state index contributed by atoms with van der Waals surface area (Å²) in [6.45, 7) is 1.12. The van der Waals surface area contributed by atoms with Crippen molar-refractivity contribution in [1.29, 1.82) is 0 Å². The number of rotatable bonds is 2. The van der Waals surface area contributed by atoms with E-state index in [-0.39, 0.29) is 11.3 Å². The standard InChI is InChI=1S/C19H16F2N2O2/c1-25-12-5-3-11(4-6-12)13-9-15(20)17(21)14-10-16-19(24)22-7-2-8-23(16)18(13)14/h3-6,9-10H,2,7-8H2,1H3,(H,22,24). The van der Waals surface area contributed by atoms with Crippen molar-refractivity contribution < 1.29 is 18.3 Å². The van der Waals surface area contributed by atoms with Crippen LogP contribution in [-0.2, 0) is 6.54 Å². The molecule has 6 heteroatoms. The maximum Gasteiger partial charge on any atom is 0.267 e. The molecule has 1 aliphatic rings. The average Bonchev–Trinajstić information content (AvgIpc) is 2.92. The van der Waals surface area contributed by atoms with Crippen LogP contribution in [0.15, 0.2) is 36.4 Å². The fourth-order valence-electron chi connectivity index (χ4n) is 3.33. The molecule has 0 saturated heterocycles. The lowest BCUT2D eigenvalue weighted by Gasteiger charge is -2.12. The number of aryl methyl sites for hydroxylation is 1. The van der Waals surface area contributed by atoms with Crippen molar-refractivity contribution in [2.75, 3.05) is 13.7 Å². The number of ether oxygens (including phenoxy) is 1. The van der Waals surface area contributed by atoms with E-state index in [0.717, 1.165) is 12.0 Å². The van der Waals surface area contributed by atoms with E-state index in [0.29, 0.717) is 35.6 Å². The molecule has 1 aromatic heterocycles. The van der Waals surface area contributed by atoms with Gasteiger partial charge in [-0.3, -0.25) is 4.79 Å². The van der Waals surface area contributed by atoms with Crippen LogP contribution < -0.4 is 10.1 Å². The van der Waals surface area contributed by atoms with Crippen molar-refractivity contribution in [2.45, 2.75) is 13.0 Å². The Morgan fingerprint density at radius 2 is 1.92 bits per heavy atom. The molecule has 0 atom stereocenters. The largest absolute Gasteiger partial charge is 0.497 e. The Morgan fingerprint density at radius 3 is 2.64 bits per heavy atom. The predicted octanol–water partition coefficient (Wildman–Crippen LogP) is 3.73. The number of hydrogen-bond donors (Lipinski definition) is 1. The van der Waals surface area contributed by atoms with Gasteiger partial charge in [-0.25, -0.2) is 8.78 Å². The molecule has 0 saturated carbocycles. The second-order valence-electron chi connectivity index (χ2n) is 6.00. The smallest absolute Gasteiger partial charge is 0.267 e. The zero-order valence-electron chi connectivity index (χ0n) is 13.6. The van der Waals surface area contributed by atoms with Gasteiger partial charge in [0.2, 0.25) is 0 Å². The van der Waals surface area contributed by atoms with Crippen molar-refractivity contribution in [3.05, 3.63) is 53.7 Å². The fraction of sp³-hybridized carbons (Fsp3) is 0.211. The molecule has 1 N–H and O–H groups in total. The van der Waals surface area contributed by atoms with E-state index in [1.807, 2.05) is 0 Å². The molecular weight excluding hydrogens is 326 g/mol. The Labute approximate surface area is 143 Å². The van der Waals surface area contributed by atoms with Gasteiger partial charge in [-0.1, -0.05) is 12.1 Å². The maximum absolute atomic E-state index is 14.4. The van der Waals surface area contributed by atoms with Crippen LogP contribution in [0, 0.1) is 11.6 Å². The lowest BCUT2D eigenvalue weighted by atomic mass is 10.0. The van der Waals surface area contributed by atoms with Crippen molar-refractivity contribution in [1.82, 2.24) is 9.88 Å². The molecule has 0 aliphatic carbocycles. The predicted molar refractivity (Wildman–Crippen MR) is 90.8 cm³/mol. The summed E-state index contributed by atoms with van der Waals surface area (Å²) in [6, 6.07) is 9.74. The third-order valence-corrected chi connectivity index (χ3v) is 4.55. The third kappa shape index (κ3) is 2.45. The Morgan fingerprint density at radius 1 is 1.16 bits per heavy atom. The lowest BCUT2D eigenvalue weighted by molar-refractivity contribution is 0.0951. The molecule has 4 nitrogen and oxygen atoms in total. The highest BCUT2D eigenvalue weighted by molar-refractivity contribution is 6.03. The number of amides is 1. The van der Waals surface area contributed by atoms with E-state index in [1.54, 1.807) is 35.9 Å². The van der Waals surface area contributed by atoms with Gasteiger partial charge in [-0.2, -0.15) is 0 Å². The zero-order chi connectivity index (χ0) is 17.6. The van der Waals surface area contributed by atoms with Gasteiger partial charge >= 0.3 is 0 Å². The SMILES string of the molecule is COc1ccc(-c2cc(F)c(F)c3cc4n(c23)CCCNC4=O)cc1. The molecule has 25 heavy (non-hydrogen) atoms. The van der Waals surface area contributed by atoms with E-state index in [2.05, 4.69) is 5.32 Å². The number of fused-ring (bicyclic) bond motifs is 3. The van der Waals surface area contributed by atoms with Gasteiger partial charge < -0.3 is 14.6 Å². The number of carbonyl (C=O) groups is 1. The van der Waals surface area contributed by atoms with Gasteiger partial charge in [-0.15, -0.1) is 0 Å². The van der Waals surface area contributed by atoms with Crippen molar-refractivity contribution in [3.8, 4) is 16.9 Å². The second kappa shape index (κ2) is 5.88. The minimum atomic E-state index is -0.931. The topological polar surface area (TPSA) is 43.3 Å². The molecule has 1 aliphatic heterocycles. The van der Waals surface area contributed by atoms with Crippen LogP contribution in [0.5, 0.6) is 5.75 Å². The van der Waals surface area contributed by atoms with Crippen molar-refractivity contribution in [3.63, 3.8) is 0 Å². The average molecular weight is 342 g/mol. The fourth-order valence-corrected chi connectivity index (χ4v) is 3.33. The molecular formula is C19H16F2N2O2. The summed E-state index contributed by atoms with van der Waals surface area (Å²) in [5.41, 5.74) is 2.18. The summed E-state index contributed by atoms with van der Waals surface area (Å²) in [5, 5.41) is 2.90. The molecule has 4 rings (SSSR count). The second-order valence-corrected chi connectivity index (χ2v) is 6.00. The van der Waals surface area contributed by atoms with Crippen LogP contribution in [0.4, 0.5) is 8.78 Å². The number of methoxy groups -OCH3 is 1. The number of carbonyl (C=O) groups excluding carboxylic acids is 1. The summed E-state index contributed by atoms with van der Waals surface area (Å²) in [6.07, 6.45) is 0.726. The van der Waals surface area contributed by atoms with Crippen LogP contribution in [0.1, 0.15) is 16.9 Å². The van der Waals surface area contributed by atoms with Crippen molar-refractivity contribution >= 4 is 16.8 Å². The Kier molecular flexibility index (Phi) is 3.67. The van der Waals surface area contributed by atoms with Gasteiger partial charge in [-0.05, 0) is 36.2 Å². The van der Waals surface area contributed by atoms with Crippen LogP contribution in [0.2, 0.25) is 0 Å². The molecule has 0 radical (unpaired) electrons. The highest BCUT2D eigenvalue weighted by Crippen LogP contribution is 2.35. The first kappa shape index (κ1) is 15.6. The van der Waals surface area contributed by atoms with Gasteiger partial charge in [0.05, 0.1) is 12.6 Å². The van der Waals surface area contributed by atoms with Gasteiger partial charge in [0.25, 0.3) is 5.91 Å². The highest BCUT2D eigenvalue weighted by atomic mass is 19.2. The normalized spacial score (nSPS) is 14.1. The minimum Gasteiger partial charge on any atom is -0.497 e. The number of aromatic nitrogens is 1. The molecule has 0 bridgehead atoms. The van der Waals surface area contributed by atoms with E-state index in [4.69, 9.17) is 4.74 Å². The molecule has 0 fully saturated rings. The maximum atomic E-state index is 14.4. The summed E-state index contributed by atoms with van der Waals surface area (Å²) >= 11 is 0. The van der Waals surface area contributed by atoms with Gasteiger partial charge in [0, 0.05) is 24.0 Å². The number of halogens is 2. The summed E-state index contributed by atoms with van der Waals surface area (Å²) in [4.78, 5) is 12.2. The number of hydrogen-bond acceptors (Lipinski definition) is 2. The molecule has 0 spiro atoms. The third-order valence-electron chi connectivity index (χ3n) is 4.55. The zero-order valence-corrected chi connectivity index (χ0v) is 13.6. The molecule has 2 aromatic carbocycles. The molecule has 1 amide bonds. The van der Waals surface area contributed by atoms with E-state index in [1.165, 1.54) is 12.1 Å². The highest BCUT2D eigenvalue weighted by Gasteiger charge is 2.24. The quantitative estimate of drug-likeness (QED) is 0.771.